The molecule has 2 saturated heterocycles. The molecule has 0 amide bonds. The first kappa shape index (κ1) is 35.7. The molecule has 0 aromatic heterocycles. The summed E-state index contributed by atoms with van der Waals surface area (Å²) >= 11 is 0. The van der Waals surface area contributed by atoms with Crippen molar-refractivity contribution in [1.82, 2.24) is 42.1 Å². The predicted octanol–water partition coefficient (Wildman–Crippen LogP) is 1.84. The molecule has 7 N–H and O–H groups in total. The minimum Gasteiger partial charge on any atom is -0.315 e. The van der Waals surface area contributed by atoms with E-state index in [2.05, 4.69) is 104 Å². The molecule has 8 heteroatoms. The van der Waals surface area contributed by atoms with Crippen molar-refractivity contribution < 1.29 is 0 Å². The summed E-state index contributed by atoms with van der Waals surface area (Å²) in [6, 6.07) is 0. The van der Waals surface area contributed by atoms with Gasteiger partial charge in [0, 0.05) is 96.2 Å². The van der Waals surface area contributed by atoms with E-state index in [1.165, 1.54) is 12.8 Å². The fourth-order valence-electron chi connectivity index (χ4n) is 6.26. The van der Waals surface area contributed by atoms with E-state index in [0.717, 1.165) is 98.2 Å². The Hall–Kier alpha value is -0.320. The van der Waals surface area contributed by atoms with E-state index in [1.807, 2.05) is 0 Å². The van der Waals surface area contributed by atoms with Gasteiger partial charge in [-0.1, -0.05) is 41.5 Å². The number of rotatable bonds is 0. The molecular weight excluding hydrogens is 472 g/mol. The van der Waals surface area contributed by atoms with Crippen LogP contribution in [0.5, 0.6) is 0 Å². The molecule has 0 aromatic carbocycles. The number of hydrogen-bond donors (Lipinski definition) is 7. The lowest BCUT2D eigenvalue weighted by Crippen LogP contribution is -2.73. The van der Waals surface area contributed by atoms with Crippen molar-refractivity contribution in [3.63, 3.8) is 0 Å². The molecule has 0 bridgehead atoms. The minimum atomic E-state index is 0.0653. The molecule has 2 aliphatic heterocycles. The van der Waals surface area contributed by atoms with E-state index in [4.69, 9.17) is 0 Å². The van der Waals surface area contributed by atoms with Crippen LogP contribution in [0.3, 0.4) is 0 Å². The summed E-state index contributed by atoms with van der Waals surface area (Å²) in [5.74, 6) is 0. The van der Waals surface area contributed by atoms with E-state index in [-0.39, 0.29) is 21.9 Å². The Balaban J connectivity index is 0.000000499. The van der Waals surface area contributed by atoms with Crippen molar-refractivity contribution in [2.24, 2.45) is 10.8 Å². The Labute approximate surface area is 237 Å². The maximum Gasteiger partial charge on any atom is 0.0435 e. The van der Waals surface area contributed by atoms with Gasteiger partial charge in [0.15, 0.2) is 0 Å². The Kier molecular flexibility index (Phi) is 17.1. The summed E-state index contributed by atoms with van der Waals surface area (Å²) in [6.07, 6.45) is 2.48. The van der Waals surface area contributed by atoms with E-state index in [9.17, 15) is 0 Å². The quantitative estimate of drug-likeness (QED) is 0.251. The fourth-order valence-corrected chi connectivity index (χ4v) is 6.26. The lowest BCUT2D eigenvalue weighted by Gasteiger charge is -2.63. The topological polar surface area (TPSA) is 87.5 Å². The van der Waals surface area contributed by atoms with Crippen molar-refractivity contribution in [3.05, 3.63) is 0 Å². The third kappa shape index (κ3) is 12.9. The highest BCUT2D eigenvalue weighted by molar-refractivity contribution is 5.11. The highest BCUT2D eigenvalue weighted by Gasteiger charge is 2.56. The maximum absolute atomic E-state index is 3.82. The number of nitrogens with one attached hydrogen (secondary N) is 7. The zero-order valence-corrected chi connectivity index (χ0v) is 27.0. The lowest BCUT2D eigenvalue weighted by molar-refractivity contribution is -0.127. The standard InChI is InChI=1S/C22H48N4.C8H20N4/c1-19(2,3)22(20(4,5)6)18-25-16-15-24-14-13-23-12-10-11-17-26(22)21(7,8)9;1-2-10-5-6-12-8-7-11-4-3-9-1/h23-25H,10-18H2,1-9H3;9-12H,1-8H2. The van der Waals surface area contributed by atoms with Crippen molar-refractivity contribution in [2.75, 3.05) is 98.2 Å². The van der Waals surface area contributed by atoms with Gasteiger partial charge in [-0.05, 0) is 57.5 Å². The molecule has 0 atom stereocenters. The maximum atomic E-state index is 3.82. The molecule has 2 aliphatic rings. The molecule has 228 valence electrons. The molecule has 8 nitrogen and oxygen atoms in total. The molecule has 2 fully saturated rings. The first-order chi connectivity index (χ1) is 17.8. The average Bonchev–Trinajstić information content (AvgIpc) is 2.78. The van der Waals surface area contributed by atoms with E-state index in [0.29, 0.717) is 0 Å². The number of nitrogens with zero attached hydrogens (tertiary/aromatic N) is 1. The summed E-state index contributed by atoms with van der Waals surface area (Å²) in [6.45, 7) is 37.8. The van der Waals surface area contributed by atoms with Crippen LogP contribution in [0.1, 0.15) is 75.2 Å². The van der Waals surface area contributed by atoms with Gasteiger partial charge in [-0.15, -0.1) is 0 Å². The summed E-state index contributed by atoms with van der Waals surface area (Å²) in [5, 5.41) is 24.4. The molecule has 0 saturated carbocycles. The molecule has 0 aliphatic carbocycles. The molecule has 0 unspecified atom stereocenters. The molecule has 2 heterocycles. The summed E-state index contributed by atoms with van der Waals surface area (Å²) in [5.41, 5.74) is 0.517. The van der Waals surface area contributed by atoms with Crippen molar-refractivity contribution in [2.45, 2.75) is 86.2 Å². The van der Waals surface area contributed by atoms with Crippen LogP contribution < -0.4 is 37.2 Å². The first-order valence-corrected chi connectivity index (χ1v) is 15.6. The highest BCUT2D eigenvalue weighted by atomic mass is 15.3. The second kappa shape index (κ2) is 18.2. The molecule has 38 heavy (non-hydrogen) atoms. The monoisotopic (exact) mass is 541 g/mol. The van der Waals surface area contributed by atoms with Gasteiger partial charge < -0.3 is 37.2 Å². The van der Waals surface area contributed by atoms with Crippen LogP contribution in [0.2, 0.25) is 0 Å². The SMILES string of the molecule is C1CNCCNCCNCCN1.CC(C)(C)N1CCCCNCCNCCNCC1(C(C)(C)C)C(C)(C)C. The van der Waals surface area contributed by atoms with Crippen LogP contribution in [0, 0.1) is 10.8 Å². The van der Waals surface area contributed by atoms with Gasteiger partial charge in [-0.2, -0.15) is 0 Å². The largest absolute Gasteiger partial charge is 0.315 e. The van der Waals surface area contributed by atoms with Crippen LogP contribution in [0.15, 0.2) is 0 Å². The highest BCUT2D eigenvalue weighted by Crippen LogP contribution is 2.50. The van der Waals surface area contributed by atoms with Gasteiger partial charge in [0.05, 0.1) is 0 Å². The molecular formula is C30H68N8. The normalized spacial score (nSPS) is 23.6. The molecule has 2 rings (SSSR count). The van der Waals surface area contributed by atoms with Crippen LogP contribution in [-0.2, 0) is 0 Å². The lowest BCUT2D eigenvalue weighted by atomic mass is 9.57. The van der Waals surface area contributed by atoms with E-state index in [1.54, 1.807) is 0 Å². The van der Waals surface area contributed by atoms with Crippen LogP contribution >= 0.6 is 0 Å². The third-order valence-corrected chi connectivity index (χ3v) is 7.99. The van der Waals surface area contributed by atoms with Crippen molar-refractivity contribution >= 4 is 0 Å². The van der Waals surface area contributed by atoms with Crippen LogP contribution in [-0.4, -0.2) is 114 Å². The van der Waals surface area contributed by atoms with Crippen molar-refractivity contribution in [1.29, 1.82) is 0 Å². The van der Waals surface area contributed by atoms with E-state index < -0.39 is 0 Å². The van der Waals surface area contributed by atoms with Gasteiger partial charge in [-0.25, -0.2) is 0 Å². The zero-order chi connectivity index (χ0) is 28.5. The Morgan fingerprint density at radius 1 is 0.421 bits per heavy atom. The van der Waals surface area contributed by atoms with Gasteiger partial charge in [0.1, 0.15) is 0 Å². The Morgan fingerprint density at radius 2 is 0.737 bits per heavy atom. The van der Waals surface area contributed by atoms with Crippen LogP contribution in [0.4, 0.5) is 0 Å². The zero-order valence-electron chi connectivity index (χ0n) is 27.0. The molecule has 0 radical (unpaired) electrons. The Morgan fingerprint density at radius 3 is 1.05 bits per heavy atom. The van der Waals surface area contributed by atoms with Gasteiger partial charge in [0.25, 0.3) is 0 Å². The third-order valence-electron chi connectivity index (χ3n) is 7.99. The second-order valence-corrected chi connectivity index (χ2v) is 14.1. The summed E-state index contributed by atoms with van der Waals surface area (Å²) in [4.78, 5) is 2.83. The molecule has 0 spiro atoms. The average molecular weight is 541 g/mol. The first-order valence-electron chi connectivity index (χ1n) is 15.6. The molecule has 0 aromatic rings. The summed E-state index contributed by atoms with van der Waals surface area (Å²) < 4.78 is 0. The van der Waals surface area contributed by atoms with Gasteiger partial charge >= 0.3 is 0 Å². The van der Waals surface area contributed by atoms with Crippen LogP contribution in [0.25, 0.3) is 0 Å². The van der Waals surface area contributed by atoms with Gasteiger partial charge in [0.2, 0.25) is 0 Å². The minimum absolute atomic E-state index is 0.0653. The number of hydrogen-bond acceptors (Lipinski definition) is 8. The second-order valence-electron chi connectivity index (χ2n) is 14.1. The van der Waals surface area contributed by atoms with E-state index >= 15 is 0 Å². The Bertz CT molecular complexity index is 519. The van der Waals surface area contributed by atoms with Gasteiger partial charge in [-0.3, -0.25) is 4.90 Å². The fraction of sp³-hybridized carbons (Fsp3) is 1.00. The summed E-state index contributed by atoms with van der Waals surface area (Å²) in [7, 11) is 0. The smallest absolute Gasteiger partial charge is 0.0435 e. The van der Waals surface area contributed by atoms with Crippen molar-refractivity contribution in [3.8, 4) is 0 Å². The predicted molar refractivity (Wildman–Crippen MR) is 167 cm³/mol.